The van der Waals surface area contributed by atoms with Crippen LogP contribution in [0.5, 0.6) is 0 Å². The topological polar surface area (TPSA) is 59.9 Å². The minimum Gasteiger partial charge on any atom is -0.260 e. The van der Waals surface area contributed by atoms with E-state index in [-0.39, 0.29) is 6.07 Å². The van der Waals surface area contributed by atoms with E-state index in [1.807, 2.05) is 0 Å². The van der Waals surface area contributed by atoms with E-state index in [1.54, 1.807) is 0 Å². The number of nitrogens with zero attached hydrogens (tertiary/aromatic N) is 3. The maximum atomic E-state index is 12.9. The van der Waals surface area contributed by atoms with Crippen LogP contribution < -0.4 is 0 Å². The Hall–Kier alpha value is -2.55. The van der Waals surface area contributed by atoms with Gasteiger partial charge in [0.25, 0.3) is 0 Å². The van der Waals surface area contributed by atoms with Gasteiger partial charge in [-0.05, 0) is 13.0 Å². The minimum absolute atomic E-state index is 0.256. The van der Waals surface area contributed by atoms with Crippen molar-refractivity contribution >= 4 is 11.9 Å². The van der Waals surface area contributed by atoms with Gasteiger partial charge in [-0.25, -0.2) is 0 Å². The van der Waals surface area contributed by atoms with Gasteiger partial charge >= 0.3 is 12.4 Å². The largest absolute Gasteiger partial charge is 0.419 e. The predicted octanol–water partition coefficient (Wildman–Crippen LogP) is 4.19. The fourth-order valence-corrected chi connectivity index (χ4v) is 1.65. The third-order valence-corrected chi connectivity index (χ3v) is 2.39. The van der Waals surface area contributed by atoms with Crippen molar-refractivity contribution in [2.24, 2.45) is 4.99 Å². The third kappa shape index (κ3) is 3.14. The molecule has 0 aliphatic carbocycles. The molecular weight excluding hydrogens is 300 g/mol. The molecule has 0 bridgehead atoms. The molecule has 0 N–H and O–H groups in total. The number of benzene rings is 1. The Morgan fingerprint density at radius 2 is 1.52 bits per heavy atom. The van der Waals surface area contributed by atoms with Gasteiger partial charge in [0.2, 0.25) is 0 Å². The lowest BCUT2D eigenvalue weighted by Gasteiger charge is -2.17. The smallest absolute Gasteiger partial charge is 0.260 e. The molecule has 110 valence electrons. The highest BCUT2D eigenvalue weighted by molar-refractivity contribution is 5.71. The number of aliphatic imine (C=N–C) groups is 1. The Balaban J connectivity index is 4.04. The van der Waals surface area contributed by atoms with Crippen molar-refractivity contribution in [2.45, 2.75) is 19.3 Å². The van der Waals surface area contributed by atoms with E-state index >= 15 is 0 Å². The zero-order valence-corrected chi connectivity index (χ0v) is 10.3. The first-order valence-electron chi connectivity index (χ1n) is 5.22. The Morgan fingerprint density at radius 1 is 1.00 bits per heavy atom. The number of hydrogen-bond donors (Lipinski definition) is 0. The van der Waals surface area contributed by atoms with E-state index in [4.69, 9.17) is 10.5 Å². The van der Waals surface area contributed by atoms with Crippen molar-refractivity contribution in [1.82, 2.24) is 0 Å². The molecule has 0 saturated heterocycles. The average Bonchev–Trinajstić information content (AvgIpc) is 2.35. The highest BCUT2D eigenvalue weighted by Crippen LogP contribution is 2.44. The summed E-state index contributed by atoms with van der Waals surface area (Å²) in [6, 6.07) is 2.29. The molecule has 0 aromatic heterocycles. The standard InChI is InChI=1S/C12H5F6N3/c1-2-21-9-3-8(11(13,14)15)6(4-19)10(7(9)5-20)12(16,17)18/h2-3H,1H3/b21-2-. The Bertz CT molecular complexity index is 671. The molecule has 1 aromatic rings. The van der Waals surface area contributed by atoms with Crippen molar-refractivity contribution in [2.75, 3.05) is 0 Å². The molecule has 0 unspecified atom stereocenters. The summed E-state index contributed by atoms with van der Waals surface area (Å²) in [7, 11) is 0. The molecule has 1 aromatic carbocycles. The van der Waals surface area contributed by atoms with Crippen LogP contribution in [0, 0.1) is 22.7 Å². The van der Waals surface area contributed by atoms with Crippen LogP contribution in [0.4, 0.5) is 32.0 Å². The van der Waals surface area contributed by atoms with Crippen LogP contribution in [0.2, 0.25) is 0 Å². The molecule has 0 spiro atoms. The Labute approximate surface area is 114 Å². The molecule has 3 nitrogen and oxygen atoms in total. The lowest BCUT2D eigenvalue weighted by Crippen LogP contribution is -2.17. The molecule has 0 amide bonds. The van der Waals surface area contributed by atoms with Crippen LogP contribution in [0.3, 0.4) is 0 Å². The molecule has 0 heterocycles. The summed E-state index contributed by atoms with van der Waals surface area (Å²) in [5.41, 5.74) is -7.26. The zero-order valence-electron chi connectivity index (χ0n) is 10.3. The van der Waals surface area contributed by atoms with E-state index in [9.17, 15) is 26.3 Å². The van der Waals surface area contributed by atoms with Gasteiger partial charge in [0.05, 0.1) is 27.9 Å². The Morgan fingerprint density at radius 3 is 1.86 bits per heavy atom. The van der Waals surface area contributed by atoms with Crippen LogP contribution in [-0.2, 0) is 12.4 Å². The van der Waals surface area contributed by atoms with E-state index in [1.165, 1.54) is 6.92 Å². The summed E-state index contributed by atoms with van der Waals surface area (Å²) in [6.07, 6.45) is -9.53. The van der Waals surface area contributed by atoms with Crippen LogP contribution in [-0.4, -0.2) is 6.21 Å². The van der Waals surface area contributed by atoms with Crippen molar-refractivity contribution in [3.63, 3.8) is 0 Å². The molecule has 1 rings (SSSR count). The summed E-state index contributed by atoms with van der Waals surface area (Å²) in [5, 5.41) is 17.5. The first-order valence-corrected chi connectivity index (χ1v) is 5.22. The van der Waals surface area contributed by atoms with Crippen molar-refractivity contribution in [1.29, 1.82) is 10.5 Å². The van der Waals surface area contributed by atoms with Gasteiger partial charge in [0.1, 0.15) is 12.1 Å². The number of nitriles is 2. The van der Waals surface area contributed by atoms with Gasteiger partial charge in [-0.3, -0.25) is 4.99 Å². The fourth-order valence-electron chi connectivity index (χ4n) is 1.65. The number of rotatable bonds is 1. The SMILES string of the molecule is C/C=N\c1cc(C(F)(F)F)c(C#N)c(C(F)(F)F)c1C#N. The van der Waals surface area contributed by atoms with Crippen molar-refractivity contribution < 1.29 is 26.3 Å². The van der Waals surface area contributed by atoms with Gasteiger partial charge < -0.3 is 0 Å². The second-order valence-electron chi connectivity index (χ2n) is 3.67. The first-order chi connectivity index (χ1) is 9.57. The maximum Gasteiger partial charge on any atom is 0.419 e. The third-order valence-electron chi connectivity index (χ3n) is 2.39. The maximum absolute atomic E-state index is 12.9. The van der Waals surface area contributed by atoms with Crippen molar-refractivity contribution in [3.05, 3.63) is 28.3 Å². The quantitative estimate of drug-likeness (QED) is 0.577. The minimum atomic E-state index is -5.30. The van der Waals surface area contributed by atoms with E-state index < -0.39 is 40.3 Å². The summed E-state index contributed by atoms with van der Waals surface area (Å²) < 4.78 is 77.3. The molecule has 0 aliphatic heterocycles. The highest BCUT2D eigenvalue weighted by atomic mass is 19.4. The Kier molecular flexibility index (Phi) is 4.28. The number of alkyl halides is 6. The average molecular weight is 305 g/mol. The van der Waals surface area contributed by atoms with Gasteiger partial charge in [-0.15, -0.1) is 0 Å². The molecule has 0 fully saturated rings. The molecule has 0 atom stereocenters. The second-order valence-corrected chi connectivity index (χ2v) is 3.67. The van der Waals surface area contributed by atoms with Crippen molar-refractivity contribution in [3.8, 4) is 12.1 Å². The van der Waals surface area contributed by atoms with Crippen LogP contribution in [0.15, 0.2) is 11.1 Å². The van der Waals surface area contributed by atoms with E-state index in [0.29, 0.717) is 0 Å². The lowest BCUT2D eigenvalue weighted by atomic mass is 9.94. The molecule has 0 radical (unpaired) electrons. The number of hydrogen-bond acceptors (Lipinski definition) is 3. The lowest BCUT2D eigenvalue weighted by molar-refractivity contribution is -0.143. The first kappa shape index (κ1) is 16.5. The second kappa shape index (κ2) is 5.44. The molecule has 0 aliphatic rings. The van der Waals surface area contributed by atoms with Crippen LogP contribution in [0.1, 0.15) is 29.2 Å². The van der Waals surface area contributed by atoms with Crippen LogP contribution >= 0.6 is 0 Å². The fraction of sp³-hybridized carbons (Fsp3) is 0.250. The summed E-state index contributed by atoms with van der Waals surface area (Å²) in [6.45, 7) is 1.26. The molecule has 0 saturated carbocycles. The monoisotopic (exact) mass is 305 g/mol. The van der Waals surface area contributed by atoms with Gasteiger partial charge in [0, 0.05) is 6.21 Å². The number of halogens is 6. The summed E-state index contributed by atoms with van der Waals surface area (Å²) in [5.74, 6) is 0. The predicted molar refractivity (Wildman–Crippen MR) is 59.7 cm³/mol. The summed E-state index contributed by atoms with van der Waals surface area (Å²) >= 11 is 0. The van der Waals surface area contributed by atoms with E-state index in [0.717, 1.165) is 18.4 Å². The summed E-state index contributed by atoms with van der Waals surface area (Å²) in [4.78, 5) is 3.34. The molecule has 21 heavy (non-hydrogen) atoms. The van der Waals surface area contributed by atoms with Gasteiger partial charge in [-0.1, -0.05) is 0 Å². The van der Waals surface area contributed by atoms with Crippen LogP contribution in [0.25, 0.3) is 0 Å². The van der Waals surface area contributed by atoms with Gasteiger partial charge in [0.15, 0.2) is 0 Å². The molecule has 9 heteroatoms. The molecular formula is C12H5F6N3. The van der Waals surface area contributed by atoms with Gasteiger partial charge in [-0.2, -0.15) is 36.9 Å². The normalized spacial score (nSPS) is 12.2. The van der Waals surface area contributed by atoms with E-state index in [2.05, 4.69) is 4.99 Å². The zero-order chi connectivity index (χ0) is 16.4. The highest BCUT2D eigenvalue weighted by Gasteiger charge is 2.44.